The number of likely N-dealkylation sites (tertiary alicyclic amines) is 1. The third-order valence-electron chi connectivity index (χ3n) is 6.61. The molecule has 3 aliphatic heterocycles. The number of ether oxygens (including phenoxy) is 1. The van der Waals surface area contributed by atoms with E-state index >= 15 is 0 Å². The number of fused-ring (bicyclic) bond motifs is 1. The van der Waals surface area contributed by atoms with E-state index in [-0.39, 0.29) is 11.3 Å². The molecule has 1 aromatic carbocycles. The third kappa shape index (κ3) is 3.96. The minimum Gasteiger partial charge on any atom is -0.381 e. The van der Waals surface area contributed by atoms with Crippen molar-refractivity contribution < 1.29 is 9.53 Å². The molecular formula is C22H32N2O2. The van der Waals surface area contributed by atoms with E-state index in [0.29, 0.717) is 0 Å². The van der Waals surface area contributed by atoms with E-state index in [9.17, 15) is 4.79 Å². The Morgan fingerprint density at radius 2 is 1.96 bits per heavy atom. The average molecular weight is 357 g/mol. The maximum absolute atomic E-state index is 12.3. The molecule has 142 valence electrons. The summed E-state index contributed by atoms with van der Waals surface area (Å²) in [6.07, 6.45) is 5.99. The van der Waals surface area contributed by atoms with Crippen molar-refractivity contribution in [2.45, 2.75) is 45.6 Å². The minimum atomic E-state index is 0.210. The maximum atomic E-state index is 12.3. The number of benzene rings is 1. The van der Waals surface area contributed by atoms with E-state index < -0.39 is 0 Å². The second-order valence-electron chi connectivity index (χ2n) is 8.71. The van der Waals surface area contributed by atoms with E-state index in [1.54, 1.807) is 6.92 Å². The van der Waals surface area contributed by atoms with Crippen LogP contribution < -0.4 is 0 Å². The van der Waals surface area contributed by atoms with Gasteiger partial charge in [0.2, 0.25) is 5.91 Å². The highest BCUT2D eigenvalue weighted by atomic mass is 16.5. The van der Waals surface area contributed by atoms with Crippen LogP contribution in [0, 0.1) is 11.3 Å². The van der Waals surface area contributed by atoms with Gasteiger partial charge in [0.05, 0.1) is 0 Å². The van der Waals surface area contributed by atoms with Gasteiger partial charge in [-0.15, -0.1) is 0 Å². The smallest absolute Gasteiger partial charge is 0.219 e. The number of amides is 1. The molecule has 2 saturated heterocycles. The highest BCUT2D eigenvalue weighted by Gasteiger charge is 2.40. The molecule has 1 spiro atoms. The van der Waals surface area contributed by atoms with Crippen molar-refractivity contribution in [1.82, 2.24) is 9.80 Å². The molecule has 0 bridgehead atoms. The summed E-state index contributed by atoms with van der Waals surface area (Å²) in [5.41, 5.74) is 2.99. The van der Waals surface area contributed by atoms with E-state index in [0.717, 1.165) is 45.2 Å². The number of rotatable bonds is 2. The zero-order chi connectivity index (χ0) is 18.0. The first kappa shape index (κ1) is 18.0. The van der Waals surface area contributed by atoms with E-state index in [4.69, 9.17) is 4.74 Å². The fraction of sp³-hybridized carbons (Fsp3) is 0.682. The van der Waals surface area contributed by atoms with Gasteiger partial charge < -0.3 is 14.5 Å². The Balaban J connectivity index is 1.53. The summed E-state index contributed by atoms with van der Waals surface area (Å²) in [4.78, 5) is 17.1. The van der Waals surface area contributed by atoms with Gasteiger partial charge in [0.1, 0.15) is 0 Å². The molecule has 2 fully saturated rings. The fourth-order valence-electron chi connectivity index (χ4n) is 5.27. The maximum Gasteiger partial charge on any atom is 0.219 e. The van der Waals surface area contributed by atoms with Gasteiger partial charge in [0, 0.05) is 51.7 Å². The lowest BCUT2D eigenvalue weighted by Crippen LogP contribution is -2.51. The molecule has 3 heterocycles. The lowest BCUT2D eigenvalue weighted by atomic mass is 9.74. The van der Waals surface area contributed by atoms with Crippen LogP contribution in [-0.2, 0) is 22.5 Å². The van der Waals surface area contributed by atoms with Crippen molar-refractivity contribution >= 4 is 5.91 Å². The number of carbonyl (C=O) groups excluding carboxylic acids is 1. The molecule has 4 rings (SSSR count). The summed E-state index contributed by atoms with van der Waals surface area (Å²) < 4.78 is 5.53. The molecular weight excluding hydrogens is 324 g/mol. The van der Waals surface area contributed by atoms with Crippen molar-refractivity contribution in [2.75, 3.05) is 39.4 Å². The first-order valence-corrected chi connectivity index (χ1v) is 10.3. The molecule has 4 nitrogen and oxygen atoms in total. The topological polar surface area (TPSA) is 32.8 Å². The Kier molecular flexibility index (Phi) is 5.32. The lowest BCUT2D eigenvalue weighted by Gasteiger charge is -2.45. The van der Waals surface area contributed by atoms with E-state index in [1.165, 1.54) is 49.9 Å². The van der Waals surface area contributed by atoms with Crippen LogP contribution in [0.1, 0.15) is 43.7 Å². The number of hydrogen-bond donors (Lipinski definition) is 0. The first-order chi connectivity index (χ1) is 12.6. The molecule has 1 unspecified atom stereocenters. The third-order valence-corrected chi connectivity index (χ3v) is 6.61. The average Bonchev–Trinajstić information content (AvgIpc) is 2.79. The normalized spacial score (nSPS) is 28.0. The molecule has 0 radical (unpaired) electrons. The monoisotopic (exact) mass is 356 g/mol. The Morgan fingerprint density at radius 1 is 1.19 bits per heavy atom. The van der Waals surface area contributed by atoms with Gasteiger partial charge in [-0.05, 0) is 55.7 Å². The lowest BCUT2D eigenvalue weighted by molar-refractivity contribution is -0.131. The number of nitrogens with zero attached hydrogens (tertiary/aromatic N) is 2. The largest absolute Gasteiger partial charge is 0.381 e. The zero-order valence-corrected chi connectivity index (χ0v) is 16.1. The van der Waals surface area contributed by atoms with Crippen molar-refractivity contribution in [3.8, 4) is 0 Å². The summed E-state index contributed by atoms with van der Waals surface area (Å²) in [7, 11) is 0. The second-order valence-corrected chi connectivity index (χ2v) is 8.71. The van der Waals surface area contributed by atoms with Gasteiger partial charge in [-0.1, -0.05) is 24.3 Å². The first-order valence-electron chi connectivity index (χ1n) is 10.3. The summed E-state index contributed by atoms with van der Waals surface area (Å²) in [6, 6.07) is 8.73. The van der Waals surface area contributed by atoms with Gasteiger partial charge >= 0.3 is 0 Å². The van der Waals surface area contributed by atoms with E-state index in [1.807, 2.05) is 0 Å². The Hall–Kier alpha value is -1.39. The molecule has 0 saturated carbocycles. The molecule has 4 heteroatoms. The van der Waals surface area contributed by atoms with Crippen LogP contribution in [-0.4, -0.2) is 55.1 Å². The van der Waals surface area contributed by atoms with Crippen LogP contribution in [0.2, 0.25) is 0 Å². The van der Waals surface area contributed by atoms with E-state index in [2.05, 4.69) is 34.1 Å². The van der Waals surface area contributed by atoms with Crippen LogP contribution in [0.3, 0.4) is 0 Å². The molecule has 26 heavy (non-hydrogen) atoms. The molecule has 1 amide bonds. The van der Waals surface area contributed by atoms with Crippen molar-refractivity contribution in [3.63, 3.8) is 0 Å². The second kappa shape index (κ2) is 7.69. The number of hydrogen-bond acceptors (Lipinski definition) is 3. The summed E-state index contributed by atoms with van der Waals surface area (Å²) in [6.45, 7) is 8.79. The highest BCUT2D eigenvalue weighted by molar-refractivity contribution is 5.73. The van der Waals surface area contributed by atoms with Crippen molar-refractivity contribution in [1.29, 1.82) is 0 Å². The Bertz CT molecular complexity index is 641. The summed E-state index contributed by atoms with van der Waals surface area (Å²) in [5.74, 6) is 0.989. The van der Waals surface area contributed by atoms with Crippen LogP contribution >= 0.6 is 0 Å². The molecule has 0 aliphatic carbocycles. The number of piperidine rings is 1. The van der Waals surface area contributed by atoms with Crippen LogP contribution in [0.25, 0.3) is 0 Å². The summed E-state index contributed by atoms with van der Waals surface area (Å²) in [5, 5.41) is 0. The Labute approximate surface area is 157 Å². The highest BCUT2D eigenvalue weighted by Crippen LogP contribution is 2.38. The zero-order valence-electron chi connectivity index (χ0n) is 16.1. The fourth-order valence-corrected chi connectivity index (χ4v) is 5.27. The van der Waals surface area contributed by atoms with Crippen molar-refractivity contribution in [3.05, 3.63) is 35.4 Å². The van der Waals surface area contributed by atoms with Crippen LogP contribution in [0.5, 0.6) is 0 Å². The van der Waals surface area contributed by atoms with Gasteiger partial charge in [-0.3, -0.25) is 4.79 Å². The molecule has 1 atom stereocenters. The van der Waals surface area contributed by atoms with Crippen LogP contribution in [0.15, 0.2) is 24.3 Å². The predicted molar refractivity (Wildman–Crippen MR) is 103 cm³/mol. The molecule has 1 aromatic rings. The minimum absolute atomic E-state index is 0.210. The predicted octanol–water partition coefficient (Wildman–Crippen LogP) is 3.10. The van der Waals surface area contributed by atoms with Gasteiger partial charge in [-0.25, -0.2) is 0 Å². The van der Waals surface area contributed by atoms with Gasteiger partial charge in [-0.2, -0.15) is 0 Å². The van der Waals surface area contributed by atoms with Gasteiger partial charge in [0.25, 0.3) is 0 Å². The van der Waals surface area contributed by atoms with Crippen LogP contribution in [0.4, 0.5) is 0 Å². The SMILES string of the molecule is CC(=O)N1Cc2ccccc2CC2(CCCN(CC3CCOCC3)C2)C1. The quantitative estimate of drug-likeness (QED) is 0.816. The molecule has 0 aromatic heterocycles. The van der Waals surface area contributed by atoms with Crippen molar-refractivity contribution in [2.24, 2.45) is 11.3 Å². The number of carbonyl (C=O) groups is 1. The van der Waals surface area contributed by atoms with Gasteiger partial charge in [0.15, 0.2) is 0 Å². The summed E-state index contributed by atoms with van der Waals surface area (Å²) >= 11 is 0. The standard InChI is InChI=1S/C22H32N2O2/c1-18(25)24-15-21-6-3-2-5-20(21)13-22(17-24)9-4-10-23(16-22)14-19-7-11-26-12-8-19/h2-3,5-6,19H,4,7-17H2,1H3. The molecule has 3 aliphatic rings. The Morgan fingerprint density at radius 3 is 2.73 bits per heavy atom. The molecule has 0 N–H and O–H groups in total.